The van der Waals surface area contributed by atoms with Crippen LogP contribution in [0.1, 0.15) is 60.0 Å². The van der Waals surface area contributed by atoms with Gasteiger partial charge in [0.25, 0.3) is 0 Å². The highest BCUT2D eigenvalue weighted by Gasteiger charge is 2.23. The molecule has 1 aliphatic heterocycles. The van der Waals surface area contributed by atoms with Gasteiger partial charge in [-0.1, -0.05) is 12.1 Å². The lowest BCUT2D eigenvalue weighted by Gasteiger charge is -2.18. The van der Waals surface area contributed by atoms with Crippen molar-refractivity contribution >= 4 is 22.5 Å². The van der Waals surface area contributed by atoms with Gasteiger partial charge in [0.15, 0.2) is 11.5 Å². The van der Waals surface area contributed by atoms with Crippen LogP contribution in [0.2, 0.25) is 0 Å². The van der Waals surface area contributed by atoms with E-state index in [1.54, 1.807) is 50.4 Å². The molecule has 1 aliphatic rings. The van der Waals surface area contributed by atoms with Crippen LogP contribution in [0.4, 0.5) is 0 Å². The van der Waals surface area contributed by atoms with E-state index in [1.807, 2.05) is 13.8 Å². The fraction of sp³-hybridized carbons (Fsp3) is 0.414. The molecule has 0 amide bonds. The monoisotopic (exact) mass is 506 g/mol. The number of fused-ring (bicyclic) bond motifs is 1. The molecule has 0 unspecified atom stereocenters. The summed E-state index contributed by atoms with van der Waals surface area (Å²) in [5.41, 5.74) is 0.893. The van der Waals surface area contributed by atoms with Gasteiger partial charge < -0.3 is 18.9 Å². The first kappa shape index (κ1) is 26.4. The molecule has 196 valence electrons. The molecule has 4 rings (SSSR count). The molecular formula is C29H34N2O6. The number of hydrogen-bond acceptors (Lipinski definition) is 8. The molecular weight excluding hydrogens is 472 g/mol. The summed E-state index contributed by atoms with van der Waals surface area (Å²) in [5.74, 6) is 0.748. The van der Waals surface area contributed by atoms with E-state index in [0.29, 0.717) is 40.2 Å². The smallest absolute Gasteiger partial charge is 0.340 e. The van der Waals surface area contributed by atoms with Crippen molar-refractivity contribution in [3.05, 3.63) is 59.4 Å². The quantitative estimate of drug-likeness (QED) is 0.268. The van der Waals surface area contributed by atoms with Crippen LogP contribution in [0.15, 0.2) is 42.6 Å². The van der Waals surface area contributed by atoms with Gasteiger partial charge in [0.1, 0.15) is 18.1 Å². The van der Waals surface area contributed by atoms with Crippen LogP contribution < -0.4 is 14.2 Å². The topological polar surface area (TPSA) is 87.2 Å². The molecule has 0 saturated carbocycles. The molecule has 0 aliphatic carbocycles. The second-order valence-electron chi connectivity index (χ2n) is 9.21. The van der Waals surface area contributed by atoms with Crippen molar-refractivity contribution < 1.29 is 28.5 Å². The number of ether oxygens (including phenoxy) is 4. The number of ketones is 1. The Bertz CT molecular complexity index is 1270. The van der Waals surface area contributed by atoms with Crippen LogP contribution in [0.3, 0.4) is 0 Å². The van der Waals surface area contributed by atoms with Crippen LogP contribution in [-0.2, 0) is 4.74 Å². The molecule has 0 N–H and O–H groups in total. The van der Waals surface area contributed by atoms with Gasteiger partial charge in [-0.05, 0) is 71.0 Å². The molecule has 1 fully saturated rings. The summed E-state index contributed by atoms with van der Waals surface area (Å²) in [6, 6.07) is 10.4. The van der Waals surface area contributed by atoms with Crippen molar-refractivity contribution in [3.8, 4) is 17.2 Å². The molecule has 0 spiro atoms. The zero-order chi connectivity index (χ0) is 26.4. The fourth-order valence-corrected chi connectivity index (χ4v) is 4.48. The minimum atomic E-state index is -0.514. The maximum atomic E-state index is 13.6. The molecule has 1 saturated heterocycles. The Balaban J connectivity index is 1.75. The summed E-state index contributed by atoms with van der Waals surface area (Å²) in [7, 11) is 1.55. The largest absolute Gasteiger partial charge is 0.493 e. The highest BCUT2D eigenvalue weighted by atomic mass is 16.5. The van der Waals surface area contributed by atoms with E-state index in [-0.39, 0.29) is 29.8 Å². The van der Waals surface area contributed by atoms with Gasteiger partial charge in [0.2, 0.25) is 5.78 Å². The van der Waals surface area contributed by atoms with Gasteiger partial charge in [-0.2, -0.15) is 0 Å². The van der Waals surface area contributed by atoms with E-state index in [9.17, 15) is 9.59 Å². The standard InChI is InChI=1S/C29H34N2O6/c1-5-35-29(33)24-18-30-27(28(32)20-9-8-10-21(15-20)37-19(2)3)23-17-25(34-4)26(16-22(23)24)36-14-13-31-11-6-7-12-31/h8-10,15-19H,5-7,11-14H2,1-4H3. The van der Waals surface area contributed by atoms with Crippen molar-refractivity contribution in [2.75, 3.05) is 40.0 Å². The first-order valence-electron chi connectivity index (χ1n) is 12.8. The predicted octanol–water partition coefficient (Wildman–Crippen LogP) is 4.91. The molecule has 0 atom stereocenters. The van der Waals surface area contributed by atoms with Gasteiger partial charge >= 0.3 is 5.97 Å². The number of rotatable bonds is 11. The van der Waals surface area contributed by atoms with Crippen LogP contribution >= 0.6 is 0 Å². The lowest BCUT2D eigenvalue weighted by atomic mass is 9.99. The summed E-state index contributed by atoms with van der Waals surface area (Å²) < 4.78 is 22.7. The molecule has 2 heterocycles. The number of nitrogens with zero attached hydrogens (tertiary/aromatic N) is 2. The van der Waals surface area contributed by atoms with Crippen molar-refractivity contribution in [1.82, 2.24) is 9.88 Å². The zero-order valence-electron chi connectivity index (χ0n) is 21.9. The minimum Gasteiger partial charge on any atom is -0.493 e. The van der Waals surface area contributed by atoms with E-state index >= 15 is 0 Å². The van der Waals surface area contributed by atoms with E-state index in [2.05, 4.69) is 9.88 Å². The number of aromatic nitrogens is 1. The van der Waals surface area contributed by atoms with Crippen molar-refractivity contribution in [2.45, 2.75) is 39.7 Å². The fourth-order valence-electron chi connectivity index (χ4n) is 4.48. The highest BCUT2D eigenvalue weighted by Crippen LogP contribution is 2.36. The number of methoxy groups -OCH3 is 1. The minimum absolute atomic E-state index is 0.0266. The number of carbonyl (C=O) groups is 2. The van der Waals surface area contributed by atoms with Gasteiger partial charge in [-0.15, -0.1) is 0 Å². The summed E-state index contributed by atoms with van der Waals surface area (Å²) in [6.45, 7) is 9.25. The number of hydrogen-bond donors (Lipinski definition) is 0. The third kappa shape index (κ3) is 6.20. The Morgan fingerprint density at radius 2 is 1.81 bits per heavy atom. The number of likely N-dealkylation sites (tertiary alicyclic amines) is 1. The Hall–Kier alpha value is -3.65. The first-order chi connectivity index (χ1) is 17.9. The molecule has 1 aromatic heterocycles. The summed E-state index contributed by atoms with van der Waals surface area (Å²) in [5, 5.41) is 0.998. The van der Waals surface area contributed by atoms with Crippen molar-refractivity contribution in [3.63, 3.8) is 0 Å². The van der Waals surface area contributed by atoms with Crippen LogP contribution in [0.5, 0.6) is 17.2 Å². The number of benzene rings is 2. The summed E-state index contributed by atoms with van der Waals surface area (Å²) >= 11 is 0. The van der Waals surface area contributed by atoms with Crippen molar-refractivity contribution in [1.29, 1.82) is 0 Å². The van der Waals surface area contributed by atoms with E-state index < -0.39 is 5.97 Å². The molecule has 37 heavy (non-hydrogen) atoms. The first-order valence-corrected chi connectivity index (χ1v) is 12.8. The predicted molar refractivity (Wildman–Crippen MR) is 141 cm³/mol. The Morgan fingerprint density at radius 1 is 1.05 bits per heavy atom. The average Bonchev–Trinajstić information content (AvgIpc) is 3.40. The van der Waals surface area contributed by atoms with Gasteiger partial charge in [-0.25, -0.2) is 4.79 Å². The van der Waals surface area contributed by atoms with Gasteiger partial charge in [0, 0.05) is 29.1 Å². The molecule has 0 bridgehead atoms. The second-order valence-corrected chi connectivity index (χ2v) is 9.21. The number of pyridine rings is 1. The van der Waals surface area contributed by atoms with Crippen LogP contribution in [0.25, 0.3) is 10.8 Å². The lowest BCUT2D eigenvalue weighted by molar-refractivity contribution is 0.0528. The molecule has 3 aromatic rings. The number of esters is 1. The van der Waals surface area contributed by atoms with E-state index in [0.717, 1.165) is 19.6 Å². The Morgan fingerprint density at radius 3 is 2.51 bits per heavy atom. The highest BCUT2D eigenvalue weighted by molar-refractivity contribution is 6.18. The van der Waals surface area contributed by atoms with Crippen LogP contribution in [0, 0.1) is 0 Å². The third-order valence-corrected chi connectivity index (χ3v) is 6.21. The van der Waals surface area contributed by atoms with E-state index in [4.69, 9.17) is 18.9 Å². The third-order valence-electron chi connectivity index (χ3n) is 6.21. The van der Waals surface area contributed by atoms with Gasteiger partial charge in [-0.3, -0.25) is 14.7 Å². The number of carbonyl (C=O) groups excluding carboxylic acids is 2. The summed E-state index contributed by atoms with van der Waals surface area (Å²) in [4.78, 5) is 33.1. The molecule has 8 nitrogen and oxygen atoms in total. The Labute approximate surface area is 217 Å². The zero-order valence-corrected chi connectivity index (χ0v) is 21.9. The SMILES string of the molecule is CCOC(=O)c1cnc(C(=O)c2cccc(OC(C)C)c2)c2cc(OC)c(OCCN3CCCC3)cc12. The molecule has 8 heteroatoms. The Kier molecular flexibility index (Phi) is 8.61. The van der Waals surface area contributed by atoms with Crippen LogP contribution in [-0.4, -0.2) is 67.7 Å². The maximum absolute atomic E-state index is 13.6. The normalized spacial score (nSPS) is 13.6. The maximum Gasteiger partial charge on any atom is 0.340 e. The average molecular weight is 507 g/mol. The summed E-state index contributed by atoms with van der Waals surface area (Å²) in [6.07, 6.45) is 3.78. The van der Waals surface area contributed by atoms with Gasteiger partial charge in [0.05, 0.1) is 25.4 Å². The van der Waals surface area contributed by atoms with Crippen molar-refractivity contribution in [2.24, 2.45) is 0 Å². The molecule has 0 radical (unpaired) electrons. The second kappa shape index (κ2) is 12.1. The van der Waals surface area contributed by atoms with E-state index in [1.165, 1.54) is 19.0 Å². The lowest BCUT2D eigenvalue weighted by Crippen LogP contribution is -2.25. The molecule has 2 aromatic carbocycles.